The Hall–Kier alpha value is -2.63. The van der Waals surface area contributed by atoms with Crippen LogP contribution in [0.3, 0.4) is 0 Å². The predicted octanol–water partition coefficient (Wildman–Crippen LogP) is 1.48. The van der Waals surface area contributed by atoms with E-state index in [0.717, 1.165) is 11.4 Å². The fraction of sp³-hybridized carbons (Fsp3) is 0.389. The Bertz CT molecular complexity index is 794. The Labute approximate surface area is 138 Å². The standard InChI is InChI=1S/C18H16N2O4/c21-9-2-1-8(14(22)5-9)7-19-20-17(23)15-10-3-4-11(13-6-12(10)13)16(15)18(20)24/h1-5,7,10-13,15-16,21-22H,6H2/b19-7-/t10-,11-,12-,13+,15+,16+/m1/s1. The quantitative estimate of drug-likeness (QED) is 0.490. The number of hydrazone groups is 1. The second kappa shape index (κ2) is 4.47. The molecule has 1 aromatic rings. The third-order valence-electron chi connectivity index (χ3n) is 5.97. The monoisotopic (exact) mass is 324 g/mol. The smallest absolute Gasteiger partial charge is 0.254 e. The second-order valence-electron chi connectivity index (χ2n) is 7.13. The zero-order valence-electron chi connectivity index (χ0n) is 12.7. The zero-order chi connectivity index (χ0) is 16.6. The van der Waals surface area contributed by atoms with Crippen molar-refractivity contribution < 1.29 is 19.8 Å². The summed E-state index contributed by atoms with van der Waals surface area (Å²) in [6.45, 7) is 0. The number of carbonyl (C=O) groups excluding carboxylic acids is 2. The van der Waals surface area contributed by atoms with Gasteiger partial charge in [0.05, 0.1) is 18.1 Å². The number of benzene rings is 1. The Morgan fingerprint density at radius 3 is 2.25 bits per heavy atom. The van der Waals surface area contributed by atoms with E-state index in [1.54, 1.807) is 0 Å². The molecule has 5 aliphatic rings. The molecule has 24 heavy (non-hydrogen) atoms. The van der Waals surface area contributed by atoms with Crippen molar-refractivity contribution in [3.05, 3.63) is 35.9 Å². The highest BCUT2D eigenvalue weighted by atomic mass is 16.3. The van der Waals surface area contributed by atoms with Gasteiger partial charge in [0.25, 0.3) is 11.8 Å². The van der Waals surface area contributed by atoms with Crippen LogP contribution in [0.1, 0.15) is 12.0 Å². The maximum atomic E-state index is 12.7. The van der Waals surface area contributed by atoms with Crippen LogP contribution in [-0.4, -0.2) is 33.3 Å². The molecule has 6 nitrogen and oxygen atoms in total. The summed E-state index contributed by atoms with van der Waals surface area (Å²) in [6, 6.07) is 4.07. The normalized spacial score (nSPS) is 38.8. The van der Waals surface area contributed by atoms with Gasteiger partial charge in [-0.25, -0.2) is 0 Å². The first kappa shape index (κ1) is 13.8. The summed E-state index contributed by atoms with van der Waals surface area (Å²) < 4.78 is 0. The molecule has 2 bridgehead atoms. The largest absolute Gasteiger partial charge is 0.508 e. The molecule has 6 rings (SSSR count). The molecule has 0 radical (unpaired) electrons. The summed E-state index contributed by atoms with van der Waals surface area (Å²) in [6.07, 6.45) is 6.65. The van der Waals surface area contributed by atoms with Crippen molar-refractivity contribution in [1.82, 2.24) is 5.01 Å². The van der Waals surface area contributed by atoms with Gasteiger partial charge in [-0.3, -0.25) is 9.59 Å². The highest BCUT2D eigenvalue weighted by molar-refractivity contribution is 6.06. The number of imide groups is 1. The van der Waals surface area contributed by atoms with Crippen LogP contribution < -0.4 is 0 Å². The van der Waals surface area contributed by atoms with Crippen LogP contribution in [0.2, 0.25) is 0 Å². The lowest BCUT2D eigenvalue weighted by molar-refractivity contribution is -0.140. The van der Waals surface area contributed by atoms with Crippen molar-refractivity contribution >= 4 is 18.0 Å². The van der Waals surface area contributed by atoms with Crippen LogP contribution in [0.15, 0.2) is 35.5 Å². The first-order valence-electron chi connectivity index (χ1n) is 8.18. The van der Waals surface area contributed by atoms with Crippen LogP contribution in [0.25, 0.3) is 0 Å². The Kier molecular flexibility index (Phi) is 2.56. The van der Waals surface area contributed by atoms with Gasteiger partial charge in [-0.2, -0.15) is 10.1 Å². The first-order chi connectivity index (χ1) is 11.6. The molecule has 0 spiro atoms. The minimum absolute atomic E-state index is 0.0640. The molecule has 1 heterocycles. The number of phenolic OH excluding ortho intramolecular Hbond substituents is 2. The van der Waals surface area contributed by atoms with Crippen molar-refractivity contribution in [1.29, 1.82) is 0 Å². The van der Waals surface area contributed by atoms with E-state index >= 15 is 0 Å². The van der Waals surface area contributed by atoms with Gasteiger partial charge in [0, 0.05) is 11.6 Å². The molecular formula is C18H16N2O4. The number of hydrogen-bond donors (Lipinski definition) is 2. The number of carbonyl (C=O) groups is 2. The molecule has 1 saturated heterocycles. The Morgan fingerprint density at radius 1 is 1.04 bits per heavy atom. The average molecular weight is 324 g/mol. The van der Waals surface area contributed by atoms with E-state index < -0.39 is 0 Å². The fourth-order valence-electron chi connectivity index (χ4n) is 4.82. The Balaban J connectivity index is 1.45. The van der Waals surface area contributed by atoms with Crippen LogP contribution >= 0.6 is 0 Å². The van der Waals surface area contributed by atoms with E-state index in [0.29, 0.717) is 17.4 Å². The van der Waals surface area contributed by atoms with Crippen LogP contribution in [0.4, 0.5) is 0 Å². The van der Waals surface area contributed by atoms with E-state index in [-0.39, 0.29) is 47.0 Å². The number of phenols is 2. The maximum absolute atomic E-state index is 12.7. The van der Waals surface area contributed by atoms with Gasteiger partial charge in [0.1, 0.15) is 11.5 Å². The molecule has 6 atom stereocenters. The van der Waals surface area contributed by atoms with E-state index in [1.807, 2.05) is 0 Å². The third-order valence-corrected chi connectivity index (χ3v) is 5.97. The molecule has 1 aromatic carbocycles. The minimum atomic E-state index is -0.276. The lowest BCUT2D eigenvalue weighted by atomic mass is 9.63. The van der Waals surface area contributed by atoms with Gasteiger partial charge in [0.2, 0.25) is 0 Å². The van der Waals surface area contributed by atoms with Crippen molar-refractivity contribution in [2.45, 2.75) is 6.42 Å². The number of aromatic hydroxyl groups is 2. The van der Waals surface area contributed by atoms with E-state index in [4.69, 9.17) is 0 Å². The Morgan fingerprint density at radius 2 is 1.67 bits per heavy atom. The van der Waals surface area contributed by atoms with E-state index in [1.165, 1.54) is 24.4 Å². The molecule has 0 unspecified atom stereocenters. The molecular weight excluding hydrogens is 308 g/mol. The minimum Gasteiger partial charge on any atom is -0.508 e. The molecule has 2 saturated carbocycles. The molecule has 1 aliphatic heterocycles. The van der Waals surface area contributed by atoms with Gasteiger partial charge in [-0.1, -0.05) is 12.2 Å². The second-order valence-corrected chi connectivity index (χ2v) is 7.13. The summed E-state index contributed by atoms with van der Waals surface area (Å²) in [7, 11) is 0. The van der Waals surface area contributed by atoms with Crippen molar-refractivity contribution in [3.63, 3.8) is 0 Å². The molecule has 122 valence electrons. The van der Waals surface area contributed by atoms with Crippen LogP contribution in [-0.2, 0) is 9.59 Å². The van der Waals surface area contributed by atoms with Crippen molar-refractivity contribution in [2.24, 2.45) is 40.6 Å². The van der Waals surface area contributed by atoms with Gasteiger partial charge in [0.15, 0.2) is 0 Å². The van der Waals surface area contributed by atoms with Gasteiger partial charge < -0.3 is 10.2 Å². The van der Waals surface area contributed by atoms with E-state index in [9.17, 15) is 19.8 Å². The van der Waals surface area contributed by atoms with Gasteiger partial charge in [-0.05, 0) is 42.2 Å². The summed E-state index contributed by atoms with van der Waals surface area (Å²) in [5.74, 6) is 0.222. The summed E-state index contributed by atoms with van der Waals surface area (Å²) in [5, 5.41) is 24.1. The number of rotatable bonds is 2. The lowest BCUT2D eigenvalue weighted by Crippen LogP contribution is -2.40. The number of allylic oxidation sites excluding steroid dienone is 2. The van der Waals surface area contributed by atoms with Crippen LogP contribution in [0, 0.1) is 35.5 Å². The summed E-state index contributed by atoms with van der Waals surface area (Å²) >= 11 is 0. The molecule has 0 aromatic heterocycles. The summed E-state index contributed by atoms with van der Waals surface area (Å²) in [4.78, 5) is 25.4. The fourth-order valence-corrected chi connectivity index (χ4v) is 4.82. The number of amides is 2. The summed E-state index contributed by atoms with van der Waals surface area (Å²) in [5.41, 5.74) is 0.340. The lowest BCUT2D eigenvalue weighted by Gasteiger charge is -2.37. The zero-order valence-corrected chi connectivity index (χ0v) is 12.7. The number of hydrogen-bond acceptors (Lipinski definition) is 5. The van der Waals surface area contributed by atoms with E-state index in [2.05, 4.69) is 17.3 Å². The molecule has 2 amide bonds. The number of nitrogens with zero attached hydrogens (tertiary/aromatic N) is 2. The van der Waals surface area contributed by atoms with Gasteiger partial charge in [-0.15, -0.1) is 0 Å². The highest BCUT2D eigenvalue weighted by Crippen LogP contribution is 2.65. The van der Waals surface area contributed by atoms with Gasteiger partial charge >= 0.3 is 0 Å². The topological polar surface area (TPSA) is 90.2 Å². The predicted molar refractivity (Wildman–Crippen MR) is 83.9 cm³/mol. The maximum Gasteiger partial charge on any atom is 0.254 e. The van der Waals surface area contributed by atoms with Crippen LogP contribution in [0.5, 0.6) is 11.5 Å². The molecule has 4 aliphatic carbocycles. The molecule has 2 N–H and O–H groups in total. The molecule has 6 heteroatoms. The first-order valence-corrected chi connectivity index (χ1v) is 8.18. The average Bonchev–Trinajstić information content (AvgIpc) is 3.33. The van der Waals surface area contributed by atoms with Crippen molar-refractivity contribution in [2.75, 3.05) is 0 Å². The molecule has 3 fully saturated rings. The SMILES string of the molecule is O=C1[C@H]2[C@@H]3C=C[C@H]([C@@H]4C[C@H]34)[C@@H]2C(=O)N1/N=C\c1ccc(O)cc1O. The van der Waals surface area contributed by atoms with Crippen molar-refractivity contribution in [3.8, 4) is 11.5 Å². The third kappa shape index (κ3) is 1.68. The highest BCUT2D eigenvalue weighted by Gasteiger charge is 2.67.